The predicted octanol–water partition coefficient (Wildman–Crippen LogP) is 1.69. The number of nitrogens with one attached hydrogen (secondary N) is 1. The Balaban J connectivity index is 1.51. The second-order valence-electron chi connectivity index (χ2n) is 5.62. The highest BCUT2D eigenvalue weighted by Crippen LogP contribution is 2.28. The largest absolute Gasteiger partial charge is 0.482 e. The molecule has 2 aromatic carbocycles. The molecule has 1 aromatic heterocycles. The molecule has 26 heavy (non-hydrogen) atoms. The molecule has 0 bridgehead atoms. The van der Waals surface area contributed by atoms with E-state index in [0.29, 0.717) is 28.4 Å². The molecule has 0 atom stereocenters. The van der Waals surface area contributed by atoms with Crippen molar-refractivity contribution in [2.75, 3.05) is 11.9 Å². The first-order valence-corrected chi connectivity index (χ1v) is 7.72. The zero-order chi connectivity index (χ0) is 18.1. The summed E-state index contributed by atoms with van der Waals surface area (Å²) in [6, 6.07) is 10.4. The van der Waals surface area contributed by atoms with E-state index >= 15 is 0 Å². The molecule has 1 aliphatic rings. The zero-order valence-electron chi connectivity index (χ0n) is 13.3. The number of hydrogen-bond acceptors (Lipinski definition) is 6. The van der Waals surface area contributed by atoms with E-state index in [4.69, 9.17) is 4.74 Å². The van der Waals surface area contributed by atoms with Gasteiger partial charge in [-0.05, 0) is 47.7 Å². The van der Waals surface area contributed by atoms with Crippen molar-refractivity contribution in [2.24, 2.45) is 0 Å². The number of ether oxygens (including phenoxy) is 1. The molecule has 0 fully saturated rings. The highest BCUT2D eigenvalue weighted by molar-refractivity contribution is 6.00. The number of carbonyl (C=O) groups excluding carboxylic acids is 2. The predicted molar refractivity (Wildman–Crippen MR) is 88.1 cm³/mol. The minimum atomic E-state index is -0.361. The molecule has 1 N–H and O–H groups in total. The Hall–Kier alpha value is -3.62. The molecule has 130 valence electrons. The lowest BCUT2D eigenvalue weighted by Gasteiger charge is -2.18. The van der Waals surface area contributed by atoms with Gasteiger partial charge in [0, 0.05) is 11.1 Å². The number of halogens is 1. The fraction of sp³-hybridized carbons (Fsp3) is 0.118. The number of tetrazole rings is 1. The zero-order valence-corrected chi connectivity index (χ0v) is 13.3. The van der Waals surface area contributed by atoms with Gasteiger partial charge >= 0.3 is 0 Å². The van der Waals surface area contributed by atoms with Crippen molar-refractivity contribution < 1.29 is 18.7 Å². The lowest BCUT2D eigenvalue weighted by molar-refractivity contribution is -0.118. The van der Waals surface area contributed by atoms with E-state index < -0.39 is 0 Å². The molecule has 0 spiro atoms. The smallest absolute Gasteiger partial charge is 0.262 e. The van der Waals surface area contributed by atoms with Gasteiger partial charge < -0.3 is 10.1 Å². The molecule has 1 aliphatic heterocycles. The highest BCUT2D eigenvalue weighted by atomic mass is 19.1. The van der Waals surface area contributed by atoms with Crippen LogP contribution in [-0.2, 0) is 11.3 Å². The van der Waals surface area contributed by atoms with Gasteiger partial charge in [-0.25, -0.2) is 4.39 Å². The standard InChI is InChI=1S/C17H12FN5O3/c18-12-4-1-10(2-5-12)17-20-22-23(21-17)8-14(24)11-3-6-15-13(7-11)19-16(25)9-26-15/h1-7H,8-9H2,(H,19,25). The lowest BCUT2D eigenvalue weighted by atomic mass is 10.1. The average Bonchev–Trinajstić information content (AvgIpc) is 3.10. The van der Waals surface area contributed by atoms with E-state index in [-0.39, 0.29) is 30.7 Å². The number of hydrogen-bond donors (Lipinski definition) is 1. The molecule has 3 aromatic rings. The van der Waals surface area contributed by atoms with Gasteiger partial charge in [0.15, 0.2) is 12.4 Å². The second-order valence-corrected chi connectivity index (χ2v) is 5.62. The second kappa shape index (κ2) is 6.36. The quantitative estimate of drug-likeness (QED) is 0.717. The van der Waals surface area contributed by atoms with Gasteiger partial charge in [-0.1, -0.05) is 0 Å². The monoisotopic (exact) mass is 353 g/mol. The minimum Gasteiger partial charge on any atom is -0.482 e. The van der Waals surface area contributed by atoms with E-state index in [1.54, 1.807) is 18.2 Å². The van der Waals surface area contributed by atoms with Gasteiger partial charge in [-0.2, -0.15) is 4.80 Å². The molecule has 0 saturated heterocycles. The van der Waals surface area contributed by atoms with Crippen molar-refractivity contribution in [3.8, 4) is 17.1 Å². The van der Waals surface area contributed by atoms with Crippen LogP contribution < -0.4 is 10.1 Å². The Morgan fingerprint density at radius 1 is 1.23 bits per heavy atom. The van der Waals surface area contributed by atoms with Crippen molar-refractivity contribution in [2.45, 2.75) is 6.54 Å². The first-order chi connectivity index (χ1) is 12.6. The van der Waals surface area contributed by atoms with Crippen LogP contribution in [0.15, 0.2) is 42.5 Å². The average molecular weight is 353 g/mol. The van der Waals surface area contributed by atoms with Gasteiger partial charge in [0.2, 0.25) is 5.82 Å². The fourth-order valence-corrected chi connectivity index (χ4v) is 2.50. The maximum absolute atomic E-state index is 13.0. The van der Waals surface area contributed by atoms with Crippen LogP contribution in [0.2, 0.25) is 0 Å². The van der Waals surface area contributed by atoms with Crippen molar-refractivity contribution in [1.29, 1.82) is 0 Å². The summed E-state index contributed by atoms with van der Waals surface area (Å²) in [5, 5.41) is 14.5. The van der Waals surface area contributed by atoms with Gasteiger partial charge in [0.25, 0.3) is 5.91 Å². The SMILES string of the molecule is O=C1COc2ccc(C(=O)Cn3nnc(-c4ccc(F)cc4)n3)cc2N1. The Morgan fingerprint density at radius 3 is 2.85 bits per heavy atom. The normalized spacial score (nSPS) is 12.9. The summed E-state index contributed by atoms with van der Waals surface area (Å²) in [7, 11) is 0. The van der Waals surface area contributed by atoms with E-state index in [0.717, 1.165) is 4.80 Å². The van der Waals surface area contributed by atoms with Crippen LogP contribution in [-0.4, -0.2) is 38.5 Å². The third-order valence-electron chi connectivity index (χ3n) is 3.77. The topological polar surface area (TPSA) is 99.0 Å². The van der Waals surface area contributed by atoms with Crippen LogP contribution in [0.3, 0.4) is 0 Å². The number of anilines is 1. The number of ketones is 1. The van der Waals surface area contributed by atoms with Crippen molar-refractivity contribution >= 4 is 17.4 Å². The van der Waals surface area contributed by atoms with Crippen LogP contribution >= 0.6 is 0 Å². The number of carbonyl (C=O) groups is 2. The van der Waals surface area contributed by atoms with Gasteiger partial charge in [-0.15, -0.1) is 10.2 Å². The van der Waals surface area contributed by atoms with E-state index in [2.05, 4.69) is 20.7 Å². The number of nitrogens with zero attached hydrogens (tertiary/aromatic N) is 4. The van der Waals surface area contributed by atoms with E-state index in [1.165, 1.54) is 24.3 Å². The van der Waals surface area contributed by atoms with Crippen molar-refractivity contribution in [3.05, 3.63) is 53.8 Å². The van der Waals surface area contributed by atoms with Crippen molar-refractivity contribution in [3.63, 3.8) is 0 Å². The van der Waals surface area contributed by atoms with Crippen LogP contribution in [0.25, 0.3) is 11.4 Å². The highest BCUT2D eigenvalue weighted by Gasteiger charge is 2.18. The Kier molecular flexibility index (Phi) is 3.88. The maximum atomic E-state index is 13.0. The first kappa shape index (κ1) is 15.9. The summed E-state index contributed by atoms with van der Waals surface area (Å²) in [4.78, 5) is 25.0. The first-order valence-electron chi connectivity index (χ1n) is 7.72. The summed E-state index contributed by atoms with van der Waals surface area (Å²) < 4.78 is 18.2. The summed E-state index contributed by atoms with van der Waals surface area (Å²) in [5.41, 5.74) is 1.43. The third-order valence-corrected chi connectivity index (χ3v) is 3.77. The summed E-state index contributed by atoms with van der Waals surface area (Å²) in [5.74, 6) is -0.0815. The molecule has 0 unspecified atom stereocenters. The number of Topliss-reactive ketones (excluding diaryl/α,β-unsaturated/α-hetero) is 1. The molecule has 9 heteroatoms. The molecule has 8 nitrogen and oxygen atoms in total. The van der Waals surface area contributed by atoms with E-state index in [9.17, 15) is 14.0 Å². The lowest BCUT2D eigenvalue weighted by Crippen LogP contribution is -2.25. The number of fused-ring (bicyclic) bond motifs is 1. The Morgan fingerprint density at radius 2 is 2.04 bits per heavy atom. The molecule has 1 amide bonds. The number of benzene rings is 2. The fourth-order valence-electron chi connectivity index (χ4n) is 2.50. The van der Waals surface area contributed by atoms with Gasteiger partial charge in [-0.3, -0.25) is 9.59 Å². The third kappa shape index (κ3) is 3.14. The number of amides is 1. The Labute approximate surface area is 146 Å². The minimum absolute atomic E-state index is 0.0463. The maximum Gasteiger partial charge on any atom is 0.262 e. The van der Waals surface area contributed by atoms with Crippen LogP contribution in [0, 0.1) is 5.82 Å². The summed E-state index contributed by atoms with van der Waals surface area (Å²) in [6.07, 6.45) is 0. The molecular formula is C17H12FN5O3. The molecule has 0 aliphatic carbocycles. The van der Waals surface area contributed by atoms with Crippen molar-refractivity contribution in [1.82, 2.24) is 20.2 Å². The van der Waals surface area contributed by atoms with E-state index in [1.807, 2.05) is 0 Å². The summed E-state index contributed by atoms with van der Waals surface area (Å²) in [6.45, 7) is -0.170. The van der Waals surface area contributed by atoms with Crippen LogP contribution in [0.4, 0.5) is 10.1 Å². The van der Waals surface area contributed by atoms with Gasteiger partial charge in [0.05, 0.1) is 5.69 Å². The molecule has 2 heterocycles. The number of aromatic nitrogens is 4. The number of rotatable bonds is 4. The molecular weight excluding hydrogens is 341 g/mol. The Bertz CT molecular complexity index is 1000. The molecule has 0 radical (unpaired) electrons. The van der Waals surface area contributed by atoms with Gasteiger partial charge in [0.1, 0.15) is 18.1 Å². The molecule has 4 rings (SSSR count). The summed E-state index contributed by atoms with van der Waals surface area (Å²) >= 11 is 0. The van der Waals surface area contributed by atoms with Crippen LogP contribution in [0.5, 0.6) is 5.75 Å². The molecule has 0 saturated carbocycles. The van der Waals surface area contributed by atoms with Crippen LogP contribution in [0.1, 0.15) is 10.4 Å².